The highest BCUT2D eigenvalue weighted by Crippen LogP contribution is 2.09. The number of ether oxygens (including phenoxy) is 4. The molecule has 2 atom stereocenters. The lowest BCUT2D eigenvalue weighted by Crippen LogP contribution is -2.29. The van der Waals surface area contributed by atoms with Crippen molar-refractivity contribution >= 4 is 0 Å². The summed E-state index contributed by atoms with van der Waals surface area (Å²) in [7, 11) is 1.67. The zero-order valence-corrected chi connectivity index (χ0v) is 16.7. The van der Waals surface area contributed by atoms with E-state index >= 15 is 0 Å². The summed E-state index contributed by atoms with van der Waals surface area (Å²) in [5.41, 5.74) is 0. The van der Waals surface area contributed by atoms with Gasteiger partial charge in [0.2, 0.25) is 0 Å². The van der Waals surface area contributed by atoms with Gasteiger partial charge in [-0.2, -0.15) is 0 Å². The Balaban J connectivity index is 0. The lowest BCUT2D eigenvalue weighted by atomic mass is 10.3. The summed E-state index contributed by atoms with van der Waals surface area (Å²) < 4.78 is 22.2. The van der Waals surface area contributed by atoms with Crippen LogP contribution in [0, 0.1) is 0 Å². The van der Waals surface area contributed by atoms with Gasteiger partial charge in [-0.1, -0.05) is 52.8 Å². The van der Waals surface area contributed by atoms with Gasteiger partial charge in [0.1, 0.15) is 18.5 Å². The van der Waals surface area contributed by atoms with E-state index in [1.54, 1.807) is 7.11 Å². The number of hydrogen-bond acceptors (Lipinski definition) is 4. The zero-order valence-electron chi connectivity index (χ0n) is 16.7. The number of benzene rings is 1. The average molecular weight is 343 g/mol. The molecule has 0 fully saturated rings. The predicted octanol–water partition coefficient (Wildman–Crippen LogP) is 4.96. The molecule has 0 aliphatic carbocycles. The van der Waals surface area contributed by atoms with Gasteiger partial charge in [-0.25, -0.2) is 0 Å². The standard InChI is InChI=1S/C16H26O4.2C2H6/c1-4-10-18-11-14(2)19-12-16(17-3)13-20-15-8-6-5-7-9-15;2*1-2/h5-9,14,16H,4,10-13H2,1-3H3;2*1-2H3. The fourth-order valence-corrected chi connectivity index (χ4v) is 1.60. The highest BCUT2D eigenvalue weighted by Gasteiger charge is 2.11. The predicted molar refractivity (Wildman–Crippen MR) is 102 cm³/mol. The first-order valence-electron chi connectivity index (χ1n) is 9.16. The molecule has 0 spiro atoms. The molecule has 1 aromatic rings. The van der Waals surface area contributed by atoms with Gasteiger partial charge in [0.15, 0.2) is 0 Å². The van der Waals surface area contributed by atoms with Crippen LogP contribution in [0.15, 0.2) is 30.3 Å². The molecule has 0 bridgehead atoms. The largest absolute Gasteiger partial charge is 0.491 e. The van der Waals surface area contributed by atoms with E-state index in [1.165, 1.54) is 0 Å². The lowest BCUT2D eigenvalue weighted by Gasteiger charge is -2.19. The van der Waals surface area contributed by atoms with Gasteiger partial charge in [0, 0.05) is 13.7 Å². The molecule has 0 radical (unpaired) electrons. The normalized spacial score (nSPS) is 12.1. The monoisotopic (exact) mass is 342 g/mol. The highest BCUT2D eigenvalue weighted by atomic mass is 16.6. The Morgan fingerprint density at radius 1 is 0.917 bits per heavy atom. The van der Waals surface area contributed by atoms with Crippen molar-refractivity contribution < 1.29 is 18.9 Å². The summed E-state index contributed by atoms with van der Waals surface area (Å²) in [4.78, 5) is 0. The quantitative estimate of drug-likeness (QED) is 0.532. The third kappa shape index (κ3) is 14.5. The number of methoxy groups -OCH3 is 1. The molecular weight excluding hydrogens is 304 g/mol. The summed E-state index contributed by atoms with van der Waals surface area (Å²) in [6.45, 7) is 14.5. The van der Waals surface area contributed by atoms with Crippen LogP contribution >= 0.6 is 0 Å². The van der Waals surface area contributed by atoms with Crippen molar-refractivity contribution in [2.45, 2.75) is 60.2 Å². The molecule has 0 amide bonds. The van der Waals surface area contributed by atoms with Crippen LogP contribution in [0.3, 0.4) is 0 Å². The SMILES string of the molecule is CC.CC.CCCOCC(C)OCC(COc1ccccc1)OC. The fraction of sp³-hybridized carbons (Fsp3) is 0.700. The van der Waals surface area contributed by atoms with Crippen LogP contribution in [0.2, 0.25) is 0 Å². The molecule has 4 nitrogen and oxygen atoms in total. The minimum atomic E-state index is -0.0798. The van der Waals surface area contributed by atoms with Crippen molar-refractivity contribution in [2.24, 2.45) is 0 Å². The van der Waals surface area contributed by atoms with E-state index in [-0.39, 0.29) is 12.2 Å². The number of rotatable bonds is 11. The van der Waals surface area contributed by atoms with Crippen LogP contribution in [0.4, 0.5) is 0 Å². The van der Waals surface area contributed by atoms with Crippen molar-refractivity contribution in [3.05, 3.63) is 30.3 Å². The van der Waals surface area contributed by atoms with Gasteiger partial charge in [0.25, 0.3) is 0 Å². The van der Waals surface area contributed by atoms with Gasteiger partial charge >= 0.3 is 0 Å². The Kier molecular flexibility index (Phi) is 20.9. The van der Waals surface area contributed by atoms with E-state index in [0.29, 0.717) is 19.8 Å². The third-order valence-electron chi connectivity index (χ3n) is 2.78. The van der Waals surface area contributed by atoms with Gasteiger partial charge in [0.05, 0.1) is 19.3 Å². The molecule has 1 rings (SSSR count). The number of hydrogen-bond donors (Lipinski definition) is 0. The maximum Gasteiger partial charge on any atom is 0.119 e. The first-order valence-corrected chi connectivity index (χ1v) is 9.16. The lowest BCUT2D eigenvalue weighted by molar-refractivity contribution is -0.0617. The topological polar surface area (TPSA) is 36.9 Å². The van der Waals surface area contributed by atoms with Crippen LogP contribution in [-0.2, 0) is 14.2 Å². The Morgan fingerprint density at radius 3 is 2.08 bits per heavy atom. The molecule has 0 aliphatic rings. The second-order valence-corrected chi connectivity index (χ2v) is 4.70. The Labute approximate surface area is 149 Å². The van der Waals surface area contributed by atoms with Gasteiger partial charge < -0.3 is 18.9 Å². The number of para-hydroxylation sites is 1. The van der Waals surface area contributed by atoms with Crippen molar-refractivity contribution in [1.29, 1.82) is 0 Å². The van der Waals surface area contributed by atoms with E-state index < -0.39 is 0 Å². The van der Waals surface area contributed by atoms with E-state index in [1.807, 2.05) is 65.0 Å². The van der Waals surface area contributed by atoms with E-state index in [4.69, 9.17) is 18.9 Å². The van der Waals surface area contributed by atoms with Gasteiger partial charge in [-0.15, -0.1) is 0 Å². The smallest absolute Gasteiger partial charge is 0.119 e. The Hall–Kier alpha value is -1.10. The molecule has 0 N–H and O–H groups in total. The van der Waals surface area contributed by atoms with E-state index in [2.05, 4.69) is 6.92 Å². The summed E-state index contributed by atoms with van der Waals surface area (Å²) >= 11 is 0. The van der Waals surface area contributed by atoms with Crippen LogP contribution in [0.1, 0.15) is 48.0 Å². The third-order valence-corrected chi connectivity index (χ3v) is 2.78. The van der Waals surface area contributed by atoms with Crippen LogP contribution in [-0.4, -0.2) is 45.7 Å². The molecule has 0 heterocycles. The molecule has 0 saturated carbocycles. The van der Waals surface area contributed by atoms with Crippen LogP contribution < -0.4 is 4.74 Å². The van der Waals surface area contributed by atoms with Crippen molar-refractivity contribution in [3.63, 3.8) is 0 Å². The molecule has 2 unspecified atom stereocenters. The van der Waals surface area contributed by atoms with Crippen molar-refractivity contribution in [2.75, 3.05) is 33.5 Å². The summed E-state index contributed by atoms with van der Waals surface area (Å²) in [6.07, 6.45) is 1.01. The summed E-state index contributed by atoms with van der Waals surface area (Å²) in [6, 6.07) is 9.70. The van der Waals surface area contributed by atoms with Crippen molar-refractivity contribution in [3.8, 4) is 5.75 Å². The minimum Gasteiger partial charge on any atom is -0.491 e. The second-order valence-electron chi connectivity index (χ2n) is 4.70. The molecular formula is C20H38O4. The first kappa shape index (κ1) is 25.1. The zero-order chi connectivity index (χ0) is 18.6. The highest BCUT2D eigenvalue weighted by molar-refractivity contribution is 5.20. The van der Waals surface area contributed by atoms with Crippen molar-refractivity contribution in [1.82, 2.24) is 0 Å². The minimum absolute atomic E-state index is 0.0657. The molecule has 1 aromatic carbocycles. The fourth-order valence-electron chi connectivity index (χ4n) is 1.60. The Bertz CT molecular complexity index is 330. The van der Waals surface area contributed by atoms with E-state index in [9.17, 15) is 0 Å². The molecule has 24 heavy (non-hydrogen) atoms. The average Bonchev–Trinajstić information content (AvgIpc) is 2.66. The van der Waals surface area contributed by atoms with Gasteiger partial charge in [-0.05, 0) is 25.5 Å². The molecule has 0 aromatic heterocycles. The maximum absolute atomic E-state index is 5.70. The molecule has 142 valence electrons. The summed E-state index contributed by atoms with van der Waals surface area (Å²) in [5.74, 6) is 0.842. The molecule has 0 aliphatic heterocycles. The Morgan fingerprint density at radius 2 is 1.54 bits per heavy atom. The van der Waals surface area contributed by atoms with Crippen LogP contribution in [0.25, 0.3) is 0 Å². The second kappa shape index (κ2) is 19.9. The van der Waals surface area contributed by atoms with Gasteiger partial charge in [-0.3, -0.25) is 0 Å². The van der Waals surface area contributed by atoms with Crippen LogP contribution in [0.5, 0.6) is 5.75 Å². The molecule has 4 heteroatoms. The summed E-state index contributed by atoms with van der Waals surface area (Å²) in [5, 5.41) is 0. The maximum atomic E-state index is 5.70. The van der Waals surface area contributed by atoms with E-state index in [0.717, 1.165) is 18.8 Å². The molecule has 0 saturated heterocycles. The first-order chi connectivity index (χ1) is 11.8.